The Morgan fingerprint density at radius 3 is 1.89 bits per heavy atom. The summed E-state index contributed by atoms with van der Waals surface area (Å²) in [5.74, 6) is 0. The molecule has 1 atom stereocenters. The Morgan fingerprint density at radius 1 is 0.489 bits per heavy atom. The van der Waals surface area contributed by atoms with Gasteiger partial charge in [-0.2, -0.15) is 0 Å². The molecule has 8 aromatic rings. The van der Waals surface area contributed by atoms with E-state index in [4.69, 9.17) is 4.11 Å². The second kappa shape index (κ2) is 10.3. The van der Waals surface area contributed by atoms with Crippen LogP contribution in [0.4, 0.5) is 17.1 Å². The molecular formula is C43H29NS. The van der Waals surface area contributed by atoms with Crippen LogP contribution in [0.5, 0.6) is 0 Å². The minimum Gasteiger partial charge on any atom is -0.310 e. The second-order valence-corrected chi connectivity index (χ2v) is 12.4. The Bertz CT molecular complexity index is 2550. The molecule has 1 heterocycles. The molecule has 0 aliphatic heterocycles. The number of para-hydroxylation sites is 2. The minimum absolute atomic E-state index is 0.198. The van der Waals surface area contributed by atoms with Crippen molar-refractivity contribution in [3.05, 3.63) is 198 Å². The first-order valence-corrected chi connectivity index (χ1v) is 15.9. The van der Waals surface area contributed by atoms with Crippen LogP contribution in [0.2, 0.25) is 0 Å². The lowest BCUT2D eigenvalue weighted by atomic mass is 9.67. The van der Waals surface area contributed by atoms with Crippen molar-refractivity contribution in [2.24, 2.45) is 0 Å². The molecule has 1 aromatic heterocycles. The zero-order valence-electron chi connectivity index (χ0n) is 29.2. The van der Waals surface area contributed by atoms with Crippen LogP contribution in [0.1, 0.15) is 29.1 Å². The summed E-state index contributed by atoms with van der Waals surface area (Å²) in [7, 11) is 0. The fourth-order valence-corrected chi connectivity index (χ4v) is 8.46. The molecule has 0 saturated heterocycles. The third-order valence-corrected chi connectivity index (χ3v) is 10.2. The van der Waals surface area contributed by atoms with E-state index in [2.05, 4.69) is 83.8 Å². The zero-order valence-corrected chi connectivity index (χ0v) is 25.0. The Labute approximate surface area is 274 Å². The summed E-state index contributed by atoms with van der Waals surface area (Å²) < 4.78 is 47.2. The molecule has 1 nitrogen and oxygen atoms in total. The van der Waals surface area contributed by atoms with Gasteiger partial charge in [-0.25, -0.2) is 0 Å². The molecule has 0 bridgehead atoms. The lowest BCUT2D eigenvalue weighted by molar-refractivity contribution is 0.778. The van der Waals surface area contributed by atoms with Crippen molar-refractivity contribution in [2.75, 3.05) is 4.90 Å². The molecule has 7 aromatic carbocycles. The lowest BCUT2D eigenvalue weighted by Gasteiger charge is -2.34. The van der Waals surface area contributed by atoms with Gasteiger partial charge in [0.05, 0.1) is 12.3 Å². The van der Waals surface area contributed by atoms with Crippen LogP contribution in [-0.4, -0.2) is 0 Å². The zero-order chi connectivity index (χ0) is 34.1. The number of hydrogen-bond donors (Lipinski definition) is 0. The molecule has 1 aliphatic rings. The fraction of sp³-hybridized carbons (Fsp3) is 0.0233. The summed E-state index contributed by atoms with van der Waals surface area (Å²) in [6.07, 6.45) is 0. The van der Waals surface area contributed by atoms with Crippen LogP contribution in [0.3, 0.4) is 0 Å². The van der Waals surface area contributed by atoms with Crippen molar-refractivity contribution in [3.63, 3.8) is 0 Å². The van der Waals surface area contributed by atoms with E-state index in [0.29, 0.717) is 0 Å². The van der Waals surface area contributed by atoms with Gasteiger partial charge in [-0.05, 0) is 75.8 Å². The standard InChI is InChI=1S/C43H29NS/c1-4-15-30(16-5-1)43(40-25-14-23-36-35-22-11-13-26-41(35)45-42(36)40)38-24-12-10-21-34(38)37-29-33(27-28-39(37)43)44(31-17-6-2-7-18-31)32-19-8-3-9-20-32/h1-29H/i1D,4D,5D,15D,16D. The Balaban J connectivity index is 1.43. The third kappa shape index (κ3) is 3.86. The first-order valence-electron chi connectivity index (χ1n) is 17.5. The molecule has 0 saturated carbocycles. The minimum atomic E-state index is -1.21. The number of nitrogens with zero attached hydrogens (tertiary/aromatic N) is 1. The van der Waals surface area contributed by atoms with Gasteiger partial charge in [-0.3, -0.25) is 0 Å². The third-order valence-electron chi connectivity index (χ3n) is 9.00. The number of fused-ring (bicyclic) bond motifs is 6. The molecule has 0 amide bonds. The van der Waals surface area contributed by atoms with Gasteiger partial charge in [-0.1, -0.05) is 133 Å². The van der Waals surface area contributed by atoms with Crippen LogP contribution >= 0.6 is 11.3 Å². The van der Waals surface area contributed by atoms with Gasteiger partial charge in [0.15, 0.2) is 0 Å². The molecule has 45 heavy (non-hydrogen) atoms. The van der Waals surface area contributed by atoms with Crippen LogP contribution < -0.4 is 4.90 Å². The van der Waals surface area contributed by atoms with E-state index in [1.54, 1.807) is 11.3 Å². The number of thiophene rings is 1. The SMILES string of the molecule is [2H]c1c([2H])c([2H])c(C2(c3cccc4c3sc3ccccc34)c3ccccc3-c3cc(N(c4ccccc4)c4ccccc4)ccc32)c([2H])c1[2H]. The topological polar surface area (TPSA) is 3.24 Å². The summed E-state index contributed by atoms with van der Waals surface area (Å²) in [6.45, 7) is 0. The summed E-state index contributed by atoms with van der Waals surface area (Å²) in [5, 5.41) is 2.21. The van der Waals surface area contributed by atoms with E-state index in [9.17, 15) is 2.74 Å². The average Bonchev–Trinajstić information content (AvgIpc) is 3.68. The smallest absolute Gasteiger partial charge is 0.0727 e. The number of rotatable bonds is 5. The molecule has 1 aliphatic carbocycles. The molecule has 9 rings (SSSR count). The maximum Gasteiger partial charge on any atom is 0.0727 e. The summed E-state index contributed by atoms with van der Waals surface area (Å²) in [4.78, 5) is 2.22. The molecule has 0 spiro atoms. The molecular weight excluding hydrogens is 563 g/mol. The molecule has 0 N–H and O–H groups in total. The van der Waals surface area contributed by atoms with Crippen molar-refractivity contribution in [2.45, 2.75) is 5.41 Å². The Hall–Kier alpha value is -5.44. The van der Waals surface area contributed by atoms with E-state index >= 15 is 0 Å². The van der Waals surface area contributed by atoms with E-state index < -0.39 is 11.5 Å². The Morgan fingerprint density at radius 2 is 1.11 bits per heavy atom. The highest BCUT2D eigenvalue weighted by atomic mass is 32.1. The molecule has 0 radical (unpaired) electrons. The molecule has 0 fully saturated rings. The highest BCUT2D eigenvalue weighted by Gasteiger charge is 2.47. The Kier molecular flexibility index (Phi) is 4.89. The van der Waals surface area contributed by atoms with Gasteiger partial charge in [0.1, 0.15) is 0 Å². The highest BCUT2D eigenvalue weighted by Crippen LogP contribution is 2.59. The summed E-state index contributed by atoms with van der Waals surface area (Å²) >= 11 is 1.68. The predicted molar refractivity (Wildman–Crippen MR) is 191 cm³/mol. The first kappa shape index (κ1) is 21.3. The van der Waals surface area contributed by atoms with Gasteiger partial charge < -0.3 is 4.90 Å². The molecule has 2 heteroatoms. The predicted octanol–water partition coefficient (Wildman–Crippen LogP) is 11.9. The highest BCUT2D eigenvalue weighted by molar-refractivity contribution is 7.26. The first-order chi connectivity index (χ1) is 24.4. The van der Waals surface area contributed by atoms with E-state index in [1.165, 1.54) is 0 Å². The van der Waals surface area contributed by atoms with Crippen LogP contribution in [0, 0.1) is 0 Å². The van der Waals surface area contributed by atoms with Gasteiger partial charge >= 0.3 is 0 Å². The second-order valence-electron chi connectivity index (χ2n) is 11.3. The van der Waals surface area contributed by atoms with Crippen LogP contribution in [0.25, 0.3) is 31.3 Å². The van der Waals surface area contributed by atoms with E-state index in [0.717, 1.165) is 65.1 Å². The van der Waals surface area contributed by atoms with Crippen molar-refractivity contribution in [1.29, 1.82) is 0 Å². The van der Waals surface area contributed by atoms with E-state index in [-0.39, 0.29) is 29.7 Å². The number of anilines is 3. The van der Waals surface area contributed by atoms with Crippen molar-refractivity contribution >= 4 is 48.6 Å². The van der Waals surface area contributed by atoms with Crippen molar-refractivity contribution in [1.82, 2.24) is 0 Å². The quantitative estimate of drug-likeness (QED) is 0.191. The van der Waals surface area contributed by atoms with E-state index in [1.807, 2.05) is 66.7 Å². The number of hydrogen-bond acceptors (Lipinski definition) is 2. The largest absolute Gasteiger partial charge is 0.310 e. The lowest BCUT2D eigenvalue weighted by Crippen LogP contribution is -2.28. The molecule has 212 valence electrons. The summed E-state index contributed by atoms with van der Waals surface area (Å²) in [5.41, 5.74) is 6.63. The van der Waals surface area contributed by atoms with Crippen LogP contribution in [0.15, 0.2) is 176 Å². The van der Waals surface area contributed by atoms with Crippen molar-refractivity contribution < 1.29 is 6.85 Å². The monoisotopic (exact) mass is 596 g/mol. The van der Waals surface area contributed by atoms with Gasteiger partial charge in [-0.15, -0.1) is 11.3 Å². The van der Waals surface area contributed by atoms with Gasteiger partial charge in [0.25, 0.3) is 0 Å². The van der Waals surface area contributed by atoms with Gasteiger partial charge in [0, 0.05) is 37.2 Å². The average molecular weight is 597 g/mol. The molecule has 1 unspecified atom stereocenters. The van der Waals surface area contributed by atoms with Crippen LogP contribution in [-0.2, 0) is 5.41 Å². The fourth-order valence-electron chi connectivity index (χ4n) is 7.19. The van der Waals surface area contributed by atoms with Gasteiger partial charge in [0.2, 0.25) is 0 Å². The van der Waals surface area contributed by atoms with Crippen molar-refractivity contribution in [3.8, 4) is 11.1 Å². The maximum atomic E-state index is 9.43. The number of benzene rings is 7. The normalized spacial score (nSPS) is 16.8. The summed E-state index contributed by atoms with van der Waals surface area (Å²) in [6, 6.07) is 48.1. The maximum absolute atomic E-state index is 9.43.